The van der Waals surface area contributed by atoms with Crippen molar-refractivity contribution in [2.24, 2.45) is 10.4 Å². The molecule has 5 nitrogen and oxygen atoms in total. The van der Waals surface area contributed by atoms with Crippen LogP contribution in [0, 0.1) is 5.41 Å². The Hall–Kier alpha value is -0.0800. The second-order valence-corrected chi connectivity index (χ2v) is 7.10. The van der Waals surface area contributed by atoms with Crippen LogP contribution in [0.4, 0.5) is 0 Å². The van der Waals surface area contributed by atoms with Crippen LogP contribution in [-0.2, 0) is 4.74 Å². The van der Waals surface area contributed by atoms with Crippen molar-refractivity contribution in [2.45, 2.75) is 58.4 Å². The number of rotatable bonds is 9. The van der Waals surface area contributed by atoms with Crippen molar-refractivity contribution in [3.05, 3.63) is 0 Å². The molecule has 0 radical (unpaired) electrons. The van der Waals surface area contributed by atoms with Crippen LogP contribution in [-0.4, -0.2) is 63.3 Å². The molecule has 142 valence electrons. The standard InChI is InChI=1S/C18H36N4O.HI/c1-4-19-17(20-14-16-8-6-12-22(16)5-2)21-15-18(9-7-10-18)11-13-23-3;/h16H,4-15H2,1-3H3,(H2,19,20,21);1H. The Morgan fingerprint density at radius 3 is 2.62 bits per heavy atom. The Balaban J connectivity index is 0.00000288. The fourth-order valence-electron chi connectivity index (χ4n) is 3.83. The highest BCUT2D eigenvalue weighted by Crippen LogP contribution is 2.44. The smallest absolute Gasteiger partial charge is 0.191 e. The summed E-state index contributed by atoms with van der Waals surface area (Å²) in [5, 5.41) is 6.98. The fraction of sp³-hybridized carbons (Fsp3) is 0.944. The zero-order valence-electron chi connectivity index (χ0n) is 15.8. The number of halogens is 1. The predicted octanol–water partition coefficient (Wildman–Crippen LogP) is 2.85. The van der Waals surface area contributed by atoms with Gasteiger partial charge in [0.05, 0.1) is 0 Å². The zero-order chi connectivity index (χ0) is 16.5. The first-order chi connectivity index (χ1) is 11.2. The molecule has 6 heteroatoms. The van der Waals surface area contributed by atoms with Gasteiger partial charge in [-0.25, -0.2) is 0 Å². The van der Waals surface area contributed by atoms with Crippen molar-refractivity contribution in [3.63, 3.8) is 0 Å². The lowest BCUT2D eigenvalue weighted by molar-refractivity contribution is 0.0778. The quantitative estimate of drug-likeness (QED) is 0.321. The van der Waals surface area contributed by atoms with E-state index in [9.17, 15) is 0 Å². The first-order valence-electron chi connectivity index (χ1n) is 9.48. The lowest BCUT2D eigenvalue weighted by atomic mass is 9.67. The molecule has 24 heavy (non-hydrogen) atoms. The van der Waals surface area contributed by atoms with Crippen molar-refractivity contribution in [1.82, 2.24) is 15.5 Å². The molecule has 2 N–H and O–H groups in total. The number of ether oxygens (including phenoxy) is 1. The fourth-order valence-corrected chi connectivity index (χ4v) is 3.83. The van der Waals surface area contributed by atoms with E-state index in [0.717, 1.165) is 45.2 Å². The first kappa shape index (κ1) is 22.0. The number of hydrogen-bond acceptors (Lipinski definition) is 3. The van der Waals surface area contributed by atoms with E-state index in [1.807, 2.05) is 0 Å². The summed E-state index contributed by atoms with van der Waals surface area (Å²) in [4.78, 5) is 7.46. The Morgan fingerprint density at radius 1 is 1.25 bits per heavy atom. The average molecular weight is 452 g/mol. The molecular formula is C18H37IN4O. The van der Waals surface area contributed by atoms with Gasteiger partial charge in [-0.1, -0.05) is 13.3 Å². The lowest BCUT2D eigenvalue weighted by Gasteiger charge is -2.40. The monoisotopic (exact) mass is 452 g/mol. The second-order valence-electron chi connectivity index (χ2n) is 7.10. The summed E-state index contributed by atoms with van der Waals surface area (Å²) in [6, 6.07) is 0.662. The van der Waals surface area contributed by atoms with Crippen LogP contribution in [0.25, 0.3) is 0 Å². The molecular weight excluding hydrogens is 415 g/mol. The van der Waals surface area contributed by atoms with Gasteiger partial charge >= 0.3 is 0 Å². The van der Waals surface area contributed by atoms with Gasteiger partial charge in [-0.05, 0) is 57.5 Å². The van der Waals surface area contributed by atoms with E-state index in [4.69, 9.17) is 9.73 Å². The molecule has 0 amide bonds. The molecule has 0 bridgehead atoms. The van der Waals surface area contributed by atoms with Gasteiger partial charge in [0.25, 0.3) is 0 Å². The Kier molecular flexibility index (Phi) is 10.5. The Morgan fingerprint density at radius 2 is 2.04 bits per heavy atom. The lowest BCUT2D eigenvalue weighted by Crippen LogP contribution is -2.45. The molecule has 2 rings (SSSR count). The normalized spacial score (nSPS) is 23.5. The minimum Gasteiger partial charge on any atom is -0.385 e. The first-order valence-corrected chi connectivity index (χ1v) is 9.48. The summed E-state index contributed by atoms with van der Waals surface area (Å²) in [5.74, 6) is 0.985. The number of nitrogens with zero attached hydrogens (tertiary/aromatic N) is 2. The highest BCUT2D eigenvalue weighted by molar-refractivity contribution is 14.0. The zero-order valence-corrected chi connectivity index (χ0v) is 18.1. The summed E-state index contributed by atoms with van der Waals surface area (Å²) in [6.45, 7) is 10.5. The van der Waals surface area contributed by atoms with Gasteiger partial charge in [0.15, 0.2) is 5.96 Å². The summed E-state index contributed by atoms with van der Waals surface area (Å²) >= 11 is 0. The molecule has 1 saturated heterocycles. The van der Waals surface area contributed by atoms with Gasteiger partial charge in [0, 0.05) is 39.4 Å². The minimum absolute atomic E-state index is 0. The molecule has 2 fully saturated rings. The summed E-state index contributed by atoms with van der Waals surface area (Å²) in [5.41, 5.74) is 0.390. The van der Waals surface area contributed by atoms with Crippen LogP contribution in [0.2, 0.25) is 0 Å². The van der Waals surface area contributed by atoms with Gasteiger partial charge < -0.3 is 15.4 Å². The van der Waals surface area contributed by atoms with Gasteiger partial charge in [0.1, 0.15) is 0 Å². The van der Waals surface area contributed by atoms with E-state index in [0.29, 0.717) is 11.5 Å². The van der Waals surface area contributed by atoms with Gasteiger partial charge in [-0.3, -0.25) is 9.89 Å². The van der Waals surface area contributed by atoms with Crippen molar-refractivity contribution in [3.8, 4) is 0 Å². The van der Waals surface area contributed by atoms with Crippen LogP contribution in [0.1, 0.15) is 52.4 Å². The molecule has 0 spiro atoms. The SMILES string of the molecule is CCNC(=NCC1(CCOC)CCC1)NCC1CCCN1CC.I. The van der Waals surface area contributed by atoms with E-state index in [2.05, 4.69) is 29.4 Å². The number of likely N-dealkylation sites (tertiary alicyclic amines) is 1. The third-order valence-electron chi connectivity index (χ3n) is 5.58. The molecule has 1 atom stereocenters. The number of aliphatic imine (C=N–C) groups is 1. The van der Waals surface area contributed by atoms with E-state index < -0.39 is 0 Å². The molecule has 1 unspecified atom stereocenters. The number of methoxy groups -OCH3 is 1. The van der Waals surface area contributed by atoms with E-state index in [-0.39, 0.29) is 24.0 Å². The molecule has 2 aliphatic rings. The number of guanidine groups is 1. The van der Waals surface area contributed by atoms with Crippen molar-refractivity contribution in [1.29, 1.82) is 0 Å². The molecule has 1 heterocycles. The van der Waals surface area contributed by atoms with E-state index >= 15 is 0 Å². The van der Waals surface area contributed by atoms with Gasteiger partial charge in [-0.2, -0.15) is 0 Å². The average Bonchev–Trinajstić information content (AvgIpc) is 2.98. The van der Waals surface area contributed by atoms with Crippen molar-refractivity contribution in [2.75, 3.05) is 46.4 Å². The van der Waals surface area contributed by atoms with Crippen LogP contribution >= 0.6 is 24.0 Å². The molecule has 0 aromatic carbocycles. The van der Waals surface area contributed by atoms with Gasteiger partial charge in [-0.15, -0.1) is 24.0 Å². The summed E-state index contributed by atoms with van der Waals surface area (Å²) < 4.78 is 5.28. The highest BCUT2D eigenvalue weighted by atomic mass is 127. The molecule has 1 aliphatic heterocycles. The van der Waals surface area contributed by atoms with Crippen LogP contribution in [0.15, 0.2) is 4.99 Å². The third kappa shape index (κ3) is 6.33. The summed E-state index contributed by atoms with van der Waals surface area (Å²) in [7, 11) is 1.79. The third-order valence-corrected chi connectivity index (χ3v) is 5.58. The maximum Gasteiger partial charge on any atom is 0.191 e. The number of nitrogens with one attached hydrogen (secondary N) is 2. The molecule has 0 aromatic rings. The van der Waals surface area contributed by atoms with Crippen molar-refractivity contribution < 1.29 is 4.74 Å². The second kappa shape index (κ2) is 11.5. The number of likely N-dealkylation sites (N-methyl/N-ethyl adjacent to an activating group) is 1. The molecule has 0 aromatic heterocycles. The maximum absolute atomic E-state index is 5.28. The minimum atomic E-state index is 0. The van der Waals surface area contributed by atoms with Crippen molar-refractivity contribution >= 4 is 29.9 Å². The predicted molar refractivity (Wildman–Crippen MR) is 112 cm³/mol. The van der Waals surface area contributed by atoms with E-state index in [1.165, 1.54) is 38.6 Å². The Bertz CT molecular complexity index is 374. The topological polar surface area (TPSA) is 48.9 Å². The van der Waals surface area contributed by atoms with Crippen LogP contribution < -0.4 is 10.6 Å². The molecule has 1 saturated carbocycles. The maximum atomic E-state index is 5.28. The van der Waals surface area contributed by atoms with Gasteiger partial charge in [0.2, 0.25) is 0 Å². The van der Waals surface area contributed by atoms with E-state index in [1.54, 1.807) is 7.11 Å². The molecule has 1 aliphatic carbocycles. The van der Waals surface area contributed by atoms with Crippen LogP contribution in [0.5, 0.6) is 0 Å². The summed E-state index contributed by atoms with van der Waals surface area (Å²) in [6.07, 6.45) is 7.71. The Labute approximate surface area is 165 Å². The highest BCUT2D eigenvalue weighted by Gasteiger charge is 2.36. The van der Waals surface area contributed by atoms with Crippen LogP contribution in [0.3, 0.4) is 0 Å². The number of hydrogen-bond donors (Lipinski definition) is 2. The largest absolute Gasteiger partial charge is 0.385 e.